The Kier molecular flexibility index (Phi) is 1.55. The van der Waals surface area contributed by atoms with E-state index in [1.165, 1.54) is 5.55 Å². The number of fused-ring (bicyclic) bond motifs is 1. The van der Waals surface area contributed by atoms with Crippen LogP contribution in [0.4, 0.5) is 5.69 Å². The van der Waals surface area contributed by atoms with Gasteiger partial charge in [0.15, 0.2) is 0 Å². The van der Waals surface area contributed by atoms with Gasteiger partial charge in [-0.3, -0.25) is 0 Å². The van der Waals surface area contributed by atoms with Crippen molar-refractivity contribution in [1.29, 1.82) is 0 Å². The van der Waals surface area contributed by atoms with Gasteiger partial charge in [0.1, 0.15) is 0 Å². The van der Waals surface area contributed by atoms with E-state index in [1.54, 1.807) is 18.2 Å². The Morgan fingerprint density at radius 1 is 1.45 bits per heavy atom. The molecule has 0 aliphatic carbocycles. The van der Waals surface area contributed by atoms with Crippen LogP contribution < -0.4 is 0 Å². The van der Waals surface area contributed by atoms with E-state index in [-0.39, 0.29) is 0 Å². The zero-order chi connectivity index (χ0) is 7.84. The molecule has 0 spiro atoms. The molecule has 1 aliphatic rings. The molecule has 0 saturated carbocycles. The van der Waals surface area contributed by atoms with Gasteiger partial charge in [-0.05, 0) is 18.2 Å². The number of rotatable bonds is 0. The Bertz CT molecular complexity index is 361. The fourth-order valence-corrected chi connectivity index (χ4v) is 1.93. The van der Waals surface area contributed by atoms with Gasteiger partial charge in [0, 0.05) is 5.02 Å². The largest absolute Gasteiger partial charge is 0.248 e. The summed E-state index contributed by atoms with van der Waals surface area (Å²) in [5, 5.41) is 0.625. The monoisotopic (exact) mass is 185 g/mol. The summed E-state index contributed by atoms with van der Waals surface area (Å²) in [7, 11) is -1.06. The molecule has 1 atom stereocenters. The maximum atomic E-state index is 11.1. The zero-order valence-electron chi connectivity index (χ0n) is 5.45. The lowest BCUT2D eigenvalue weighted by Gasteiger charge is -1.94. The van der Waals surface area contributed by atoms with E-state index < -0.39 is 10.8 Å². The van der Waals surface area contributed by atoms with Crippen LogP contribution in [0.1, 0.15) is 0 Å². The second-order valence-electron chi connectivity index (χ2n) is 2.14. The molecule has 1 aliphatic heterocycles. The number of hydrogen-bond donors (Lipinski definition) is 0. The van der Waals surface area contributed by atoms with Crippen molar-refractivity contribution in [3.05, 3.63) is 23.2 Å². The summed E-state index contributed by atoms with van der Waals surface area (Å²) in [6.45, 7) is 0. The average Bonchev–Trinajstić information content (AvgIpc) is 2.32. The molecule has 0 radical (unpaired) electrons. The molecule has 56 valence electrons. The Labute approximate surface area is 71.4 Å². The molecule has 2 nitrogen and oxygen atoms in total. The van der Waals surface area contributed by atoms with E-state index in [1.807, 2.05) is 0 Å². The van der Waals surface area contributed by atoms with Crippen LogP contribution in [0.25, 0.3) is 0 Å². The van der Waals surface area contributed by atoms with Crippen molar-refractivity contribution in [2.24, 2.45) is 4.99 Å². The molecule has 11 heavy (non-hydrogen) atoms. The highest BCUT2D eigenvalue weighted by atomic mass is 35.5. The molecule has 2 rings (SSSR count). The quantitative estimate of drug-likeness (QED) is 0.609. The van der Waals surface area contributed by atoms with Gasteiger partial charge >= 0.3 is 0 Å². The fourth-order valence-electron chi connectivity index (χ4n) is 0.923. The van der Waals surface area contributed by atoms with Gasteiger partial charge in [-0.25, -0.2) is 9.20 Å². The maximum Gasteiger partial charge on any atom is 0.0984 e. The standard InChI is InChI=1S/C7H4ClNOS/c8-5-1-2-7-6(3-5)9-4-11(7)10/h1-4H. The van der Waals surface area contributed by atoms with E-state index in [0.29, 0.717) is 5.02 Å². The second-order valence-corrected chi connectivity index (χ2v) is 3.83. The van der Waals surface area contributed by atoms with Gasteiger partial charge in [0.2, 0.25) is 0 Å². The number of aliphatic imine (C=N–C) groups is 1. The lowest BCUT2D eigenvalue weighted by atomic mass is 10.3. The molecule has 0 aromatic heterocycles. The molecule has 4 heteroatoms. The summed E-state index contributed by atoms with van der Waals surface area (Å²) >= 11 is 5.70. The van der Waals surface area contributed by atoms with E-state index in [0.717, 1.165) is 10.6 Å². The third-order valence-corrected chi connectivity index (χ3v) is 2.74. The normalized spacial score (nSPS) is 20.3. The highest BCUT2D eigenvalue weighted by Gasteiger charge is 2.12. The summed E-state index contributed by atoms with van der Waals surface area (Å²) in [5.41, 5.74) is 2.14. The van der Waals surface area contributed by atoms with Gasteiger partial charge in [0.05, 0.1) is 26.9 Å². The summed E-state index contributed by atoms with van der Waals surface area (Å²) < 4.78 is 11.1. The van der Waals surface area contributed by atoms with Crippen molar-refractivity contribution >= 4 is 33.6 Å². The van der Waals surface area contributed by atoms with Crippen molar-refractivity contribution in [3.63, 3.8) is 0 Å². The molecule has 1 heterocycles. The molecule has 1 unspecified atom stereocenters. The minimum absolute atomic E-state index is 0.625. The van der Waals surface area contributed by atoms with Gasteiger partial charge < -0.3 is 0 Å². The first kappa shape index (κ1) is 7.00. The molecule has 0 amide bonds. The molecular formula is C7H4ClNOS. The third kappa shape index (κ3) is 1.10. The summed E-state index contributed by atoms with van der Waals surface area (Å²) in [5.74, 6) is 0. The number of nitrogens with zero attached hydrogens (tertiary/aromatic N) is 1. The van der Waals surface area contributed by atoms with Crippen molar-refractivity contribution in [2.75, 3.05) is 0 Å². The first-order chi connectivity index (χ1) is 5.27. The molecule has 0 N–H and O–H groups in total. The van der Waals surface area contributed by atoms with Gasteiger partial charge in [0.25, 0.3) is 0 Å². The smallest absolute Gasteiger partial charge is 0.0984 e. The maximum absolute atomic E-state index is 11.1. The van der Waals surface area contributed by atoms with Crippen LogP contribution in [0.2, 0.25) is 5.02 Å². The predicted molar refractivity (Wildman–Crippen MR) is 46.0 cm³/mol. The van der Waals surface area contributed by atoms with Crippen molar-refractivity contribution < 1.29 is 4.21 Å². The fraction of sp³-hybridized carbons (Fsp3) is 0. The topological polar surface area (TPSA) is 29.4 Å². The van der Waals surface area contributed by atoms with Crippen molar-refractivity contribution in [3.8, 4) is 0 Å². The number of benzene rings is 1. The van der Waals surface area contributed by atoms with Gasteiger partial charge in [-0.2, -0.15) is 0 Å². The van der Waals surface area contributed by atoms with Crippen molar-refractivity contribution in [2.45, 2.75) is 4.90 Å². The van der Waals surface area contributed by atoms with Crippen molar-refractivity contribution in [1.82, 2.24) is 0 Å². The summed E-state index contributed by atoms with van der Waals surface area (Å²) in [6.07, 6.45) is 0. The van der Waals surface area contributed by atoms with Crippen LogP contribution in [0, 0.1) is 0 Å². The zero-order valence-corrected chi connectivity index (χ0v) is 7.02. The Morgan fingerprint density at radius 3 is 3.09 bits per heavy atom. The molecule has 1 aromatic carbocycles. The molecular weight excluding hydrogens is 182 g/mol. The Morgan fingerprint density at radius 2 is 2.27 bits per heavy atom. The lowest BCUT2D eigenvalue weighted by Crippen LogP contribution is -1.83. The number of halogens is 1. The van der Waals surface area contributed by atoms with Crippen LogP contribution in [0.15, 0.2) is 28.1 Å². The van der Waals surface area contributed by atoms with Crippen LogP contribution in [0.5, 0.6) is 0 Å². The third-order valence-electron chi connectivity index (χ3n) is 1.43. The summed E-state index contributed by atoms with van der Waals surface area (Å²) in [6, 6.07) is 5.16. The lowest BCUT2D eigenvalue weighted by molar-refractivity contribution is 0.691. The van der Waals surface area contributed by atoms with Crippen LogP contribution in [0.3, 0.4) is 0 Å². The molecule has 1 aromatic rings. The Hall–Kier alpha value is -0.670. The van der Waals surface area contributed by atoms with E-state index >= 15 is 0 Å². The summed E-state index contributed by atoms with van der Waals surface area (Å²) in [4.78, 5) is 4.68. The van der Waals surface area contributed by atoms with Gasteiger partial charge in [-0.1, -0.05) is 11.6 Å². The predicted octanol–water partition coefficient (Wildman–Crippen LogP) is 2.12. The first-order valence-corrected chi connectivity index (χ1v) is 4.61. The van der Waals surface area contributed by atoms with Crippen LogP contribution >= 0.6 is 11.6 Å². The highest BCUT2D eigenvalue weighted by Crippen LogP contribution is 2.29. The number of hydrogen-bond acceptors (Lipinski definition) is 2. The highest BCUT2D eigenvalue weighted by molar-refractivity contribution is 7.99. The van der Waals surface area contributed by atoms with Gasteiger partial charge in [-0.15, -0.1) is 0 Å². The SMILES string of the molecule is O=S1C=Nc2cc(Cl)ccc21. The molecule has 0 bridgehead atoms. The van der Waals surface area contributed by atoms with E-state index in [4.69, 9.17) is 11.6 Å². The second kappa shape index (κ2) is 2.43. The van der Waals surface area contributed by atoms with E-state index in [9.17, 15) is 4.21 Å². The Balaban J connectivity index is 2.66. The average molecular weight is 186 g/mol. The van der Waals surface area contributed by atoms with E-state index in [2.05, 4.69) is 4.99 Å². The minimum Gasteiger partial charge on any atom is -0.248 e. The minimum atomic E-state index is -1.06. The molecule has 0 fully saturated rings. The molecule has 0 saturated heterocycles. The first-order valence-electron chi connectivity index (χ1n) is 3.02. The van der Waals surface area contributed by atoms with Crippen LogP contribution in [-0.4, -0.2) is 9.76 Å². The van der Waals surface area contributed by atoms with Crippen LogP contribution in [-0.2, 0) is 10.8 Å².